The van der Waals surface area contributed by atoms with Crippen LogP contribution in [0.25, 0.3) is 0 Å². The minimum absolute atomic E-state index is 0.0627. The van der Waals surface area contributed by atoms with Gasteiger partial charge in [-0.05, 0) is 38.6 Å². The maximum absolute atomic E-state index is 6.10. The van der Waals surface area contributed by atoms with Crippen molar-refractivity contribution in [3.63, 3.8) is 0 Å². The maximum Gasteiger partial charge on any atom is 0.142 e. The van der Waals surface area contributed by atoms with Crippen LogP contribution in [0.5, 0.6) is 5.75 Å². The third-order valence-electron chi connectivity index (χ3n) is 4.41. The summed E-state index contributed by atoms with van der Waals surface area (Å²) in [5, 5.41) is 3.35. The van der Waals surface area contributed by atoms with Crippen LogP contribution in [-0.2, 0) is 4.74 Å². The molecule has 2 fully saturated rings. The second kappa shape index (κ2) is 6.08. The molecule has 1 aromatic heterocycles. The highest BCUT2D eigenvalue weighted by molar-refractivity contribution is 5.30. The molecule has 5 nitrogen and oxygen atoms in total. The Hall–Kier alpha value is -1.17. The first-order valence-corrected chi connectivity index (χ1v) is 7.35. The van der Waals surface area contributed by atoms with Crippen molar-refractivity contribution in [2.45, 2.75) is 31.0 Å². The lowest BCUT2D eigenvalue weighted by atomic mass is 10.0. The molecule has 3 unspecified atom stereocenters. The van der Waals surface area contributed by atoms with E-state index in [-0.39, 0.29) is 12.1 Å². The van der Waals surface area contributed by atoms with E-state index >= 15 is 0 Å². The molecule has 1 N–H and O–H groups in total. The van der Waals surface area contributed by atoms with Crippen molar-refractivity contribution in [1.82, 2.24) is 15.2 Å². The lowest BCUT2D eigenvalue weighted by molar-refractivity contribution is -0.0651. The Labute approximate surface area is 120 Å². The number of hydrogen-bond donors (Lipinski definition) is 1. The topological polar surface area (TPSA) is 46.6 Å². The van der Waals surface area contributed by atoms with E-state index in [1.165, 1.54) is 19.4 Å². The van der Waals surface area contributed by atoms with E-state index in [0.29, 0.717) is 6.04 Å². The zero-order chi connectivity index (χ0) is 13.9. The molecule has 0 amide bonds. The monoisotopic (exact) mass is 277 g/mol. The fraction of sp³-hybridized carbons (Fsp3) is 0.667. The van der Waals surface area contributed by atoms with Gasteiger partial charge >= 0.3 is 0 Å². The minimum Gasteiger partial charge on any atom is -0.495 e. The summed E-state index contributed by atoms with van der Waals surface area (Å²) in [6.07, 6.45) is 4.49. The van der Waals surface area contributed by atoms with E-state index in [2.05, 4.69) is 15.2 Å². The van der Waals surface area contributed by atoms with Gasteiger partial charge in [-0.2, -0.15) is 0 Å². The van der Waals surface area contributed by atoms with Gasteiger partial charge in [-0.15, -0.1) is 0 Å². The van der Waals surface area contributed by atoms with Crippen molar-refractivity contribution in [3.05, 3.63) is 24.0 Å². The van der Waals surface area contributed by atoms with Crippen molar-refractivity contribution in [2.75, 3.05) is 33.9 Å². The smallest absolute Gasteiger partial charge is 0.142 e. The van der Waals surface area contributed by atoms with Crippen LogP contribution in [0.1, 0.15) is 24.6 Å². The summed E-state index contributed by atoms with van der Waals surface area (Å²) in [6, 6.07) is 4.53. The predicted octanol–water partition coefficient (Wildman–Crippen LogP) is 1.21. The molecule has 0 saturated carbocycles. The average molecular weight is 277 g/mol. The molecule has 3 atom stereocenters. The van der Waals surface area contributed by atoms with Gasteiger partial charge < -0.3 is 14.8 Å². The lowest BCUT2D eigenvalue weighted by Gasteiger charge is -2.38. The number of likely N-dealkylation sites (N-methyl/N-ethyl adjacent to an activating group) is 1. The van der Waals surface area contributed by atoms with Gasteiger partial charge in [-0.25, -0.2) is 0 Å². The Balaban J connectivity index is 1.79. The van der Waals surface area contributed by atoms with Gasteiger partial charge in [-0.3, -0.25) is 9.88 Å². The van der Waals surface area contributed by atoms with Crippen molar-refractivity contribution < 1.29 is 9.47 Å². The summed E-state index contributed by atoms with van der Waals surface area (Å²) in [6.45, 7) is 2.99. The van der Waals surface area contributed by atoms with Gasteiger partial charge in [0.15, 0.2) is 0 Å². The van der Waals surface area contributed by atoms with Crippen LogP contribution in [-0.4, -0.2) is 55.9 Å². The minimum atomic E-state index is 0.0627. The van der Waals surface area contributed by atoms with Crippen LogP contribution < -0.4 is 10.1 Å². The number of rotatable bonds is 4. The highest BCUT2D eigenvalue weighted by Crippen LogP contribution is 2.31. The highest BCUT2D eigenvalue weighted by atomic mass is 16.5. The molecule has 0 aromatic carbocycles. The molecule has 20 heavy (non-hydrogen) atoms. The number of nitrogens with zero attached hydrogens (tertiary/aromatic N) is 2. The molecule has 2 saturated heterocycles. The zero-order valence-corrected chi connectivity index (χ0v) is 12.2. The first kappa shape index (κ1) is 13.8. The Kier molecular flexibility index (Phi) is 4.19. The molecule has 5 heteroatoms. The van der Waals surface area contributed by atoms with Crippen molar-refractivity contribution in [3.8, 4) is 5.75 Å². The molecule has 3 rings (SSSR count). The van der Waals surface area contributed by atoms with Crippen molar-refractivity contribution >= 4 is 0 Å². The van der Waals surface area contributed by atoms with Gasteiger partial charge in [0, 0.05) is 18.8 Å². The molecular formula is C15H23N3O2. The lowest BCUT2D eigenvalue weighted by Crippen LogP contribution is -2.50. The number of pyridine rings is 1. The van der Waals surface area contributed by atoms with Crippen molar-refractivity contribution in [2.24, 2.45) is 0 Å². The van der Waals surface area contributed by atoms with Gasteiger partial charge in [-0.1, -0.05) is 0 Å². The van der Waals surface area contributed by atoms with E-state index in [1.807, 2.05) is 25.4 Å². The first-order valence-electron chi connectivity index (χ1n) is 7.35. The highest BCUT2D eigenvalue weighted by Gasteiger charge is 2.37. The molecule has 3 heterocycles. The van der Waals surface area contributed by atoms with Crippen LogP contribution >= 0.6 is 0 Å². The summed E-state index contributed by atoms with van der Waals surface area (Å²) in [4.78, 5) is 7.04. The molecule has 0 aliphatic carbocycles. The molecule has 2 aliphatic rings. The molecule has 0 spiro atoms. The third kappa shape index (κ3) is 2.53. The quantitative estimate of drug-likeness (QED) is 0.896. The Morgan fingerprint density at radius 1 is 1.55 bits per heavy atom. The van der Waals surface area contributed by atoms with Gasteiger partial charge in [0.05, 0.1) is 25.9 Å². The number of methoxy groups -OCH3 is 1. The summed E-state index contributed by atoms with van der Waals surface area (Å²) < 4.78 is 11.5. The number of hydrogen-bond acceptors (Lipinski definition) is 5. The Bertz CT molecular complexity index is 454. The molecule has 2 aliphatic heterocycles. The molecule has 0 radical (unpaired) electrons. The van der Waals surface area contributed by atoms with Crippen LogP contribution in [0, 0.1) is 0 Å². The normalized spacial score (nSPS) is 28.1. The predicted molar refractivity (Wildman–Crippen MR) is 76.9 cm³/mol. The maximum atomic E-state index is 6.10. The summed E-state index contributed by atoms with van der Waals surface area (Å²) in [7, 11) is 3.64. The third-order valence-corrected chi connectivity index (χ3v) is 4.41. The van der Waals surface area contributed by atoms with Gasteiger partial charge in [0.2, 0.25) is 0 Å². The summed E-state index contributed by atoms with van der Waals surface area (Å²) in [5.74, 6) is 0.819. The van der Waals surface area contributed by atoms with Gasteiger partial charge in [0.25, 0.3) is 0 Å². The number of ether oxygens (including phenoxy) is 2. The summed E-state index contributed by atoms with van der Waals surface area (Å²) in [5.41, 5.74) is 0.931. The molecule has 0 bridgehead atoms. The zero-order valence-electron chi connectivity index (χ0n) is 12.2. The average Bonchev–Trinajstić information content (AvgIpc) is 2.96. The molecule has 1 aromatic rings. The largest absolute Gasteiger partial charge is 0.495 e. The van der Waals surface area contributed by atoms with E-state index in [0.717, 1.165) is 24.6 Å². The number of morpholine rings is 1. The number of fused-ring (bicyclic) bond motifs is 1. The van der Waals surface area contributed by atoms with Crippen LogP contribution in [0.15, 0.2) is 18.3 Å². The van der Waals surface area contributed by atoms with Crippen LogP contribution in [0.3, 0.4) is 0 Å². The van der Waals surface area contributed by atoms with Gasteiger partial charge in [0.1, 0.15) is 11.4 Å². The molecule has 110 valence electrons. The number of nitrogens with one attached hydrogen (secondary N) is 1. The second-order valence-electron chi connectivity index (χ2n) is 5.52. The Morgan fingerprint density at radius 3 is 3.25 bits per heavy atom. The fourth-order valence-corrected chi connectivity index (χ4v) is 3.35. The van der Waals surface area contributed by atoms with Crippen molar-refractivity contribution in [1.29, 1.82) is 0 Å². The fourth-order valence-electron chi connectivity index (χ4n) is 3.35. The molecular weight excluding hydrogens is 254 g/mol. The SMILES string of the molecule is CNC(c1ncccc1OC)C1CN2CCCC2CO1. The van der Waals surface area contributed by atoms with E-state index in [4.69, 9.17) is 9.47 Å². The standard InChI is InChI=1S/C15H23N3O2/c1-16-14(15-12(19-2)6-3-7-17-15)13-9-18-8-4-5-11(18)10-20-13/h3,6-7,11,13-14,16H,4-5,8-10H2,1-2H3. The number of aromatic nitrogens is 1. The van der Waals surface area contributed by atoms with E-state index < -0.39 is 0 Å². The van der Waals surface area contributed by atoms with Crippen LogP contribution in [0.4, 0.5) is 0 Å². The Morgan fingerprint density at radius 2 is 2.45 bits per heavy atom. The first-order chi connectivity index (χ1) is 9.83. The van der Waals surface area contributed by atoms with E-state index in [1.54, 1.807) is 7.11 Å². The summed E-state index contributed by atoms with van der Waals surface area (Å²) >= 11 is 0. The van der Waals surface area contributed by atoms with Crippen LogP contribution in [0.2, 0.25) is 0 Å². The second-order valence-corrected chi connectivity index (χ2v) is 5.52. The van der Waals surface area contributed by atoms with E-state index in [9.17, 15) is 0 Å².